The van der Waals surface area contributed by atoms with Gasteiger partial charge in [-0.15, -0.1) is 0 Å². The van der Waals surface area contributed by atoms with Gasteiger partial charge in [-0.25, -0.2) is 4.79 Å². The second-order valence-electron chi connectivity index (χ2n) is 6.54. The van der Waals surface area contributed by atoms with Gasteiger partial charge < -0.3 is 29.9 Å². The number of phenolic OH excluding ortho intramolecular Hbond substituents is 1. The average Bonchev–Trinajstić information content (AvgIpc) is 2.58. The number of phenols is 1. The number of ether oxygens (including phenoxy) is 2. The van der Waals surface area contributed by atoms with Crippen LogP contribution in [0.1, 0.15) is 42.1 Å². The number of fused-ring (bicyclic) bond motifs is 1. The summed E-state index contributed by atoms with van der Waals surface area (Å²) >= 11 is 0. The molecule has 1 heterocycles. The summed E-state index contributed by atoms with van der Waals surface area (Å²) in [6.07, 6.45) is -2.47. The molecule has 4 atom stereocenters. The molecule has 8 nitrogen and oxygen atoms in total. The van der Waals surface area contributed by atoms with E-state index >= 15 is 0 Å². The first-order chi connectivity index (χ1) is 12.7. The Bertz CT molecular complexity index is 727. The maximum atomic E-state index is 12.5. The molecule has 0 spiro atoms. The lowest BCUT2D eigenvalue weighted by molar-refractivity contribution is -0.135. The molecule has 1 aliphatic rings. The fraction of sp³-hybridized carbons (Fsp3) is 0.474. The summed E-state index contributed by atoms with van der Waals surface area (Å²) in [6.45, 7) is 1.54. The smallest absolute Gasteiger partial charge is 0.342 e. The molecule has 0 radical (unpaired) electrons. The fourth-order valence-electron chi connectivity index (χ4n) is 2.88. The summed E-state index contributed by atoms with van der Waals surface area (Å²) in [5.74, 6) is -1.52. The highest BCUT2D eigenvalue weighted by atomic mass is 16.5. The van der Waals surface area contributed by atoms with Crippen LogP contribution in [0, 0.1) is 0 Å². The second-order valence-corrected chi connectivity index (χ2v) is 6.54. The van der Waals surface area contributed by atoms with Gasteiger partial charge in [0.2, 0.25) is 0 Å². The highest BCUT2D eigenvalue weighted by molar-refractivity contribution is 5.97. The van der Waals surface area contributed by atoms with Gasteiger partial charge in [0.1, 0.15) is 29.3 Å². The van der Waals surface area contributed by atoms with Crippen molar-refractivity contribution in [3.05, 3.63) is 29.3 Å². The molecular formula is C19H24O8. The predicted molar refractivity (Wildman–Crippen MR) is 95.4 cm³/mol. The first kappa shape index (κ1) is 20.9. The maximum absolute atomic E-state index is 12.5. The van der Waals surface area contributed by atoms with Crippen molar-refractivity contribution in [1.29, 1.82) is 0 Å². The number of carbonyl (C=O) groups is 2. The first-order valence-corrected chi connectivity index (χ1v) is 8.58. The molecule has 1 aromatic carbocycles. The summed E-state index contributed by atoms with van der Waals surface area (Å²) in [5, 5.41) is 40.1. The number of benzene rings is 1. The lowest BCUT2D eigenvalue weighted by Crippen LogP contribution is -2.36. The Morgan fingerprint density at radius 1 is 1.19 bits per heavy atom. The van der Waals surface area contributed by atoms with Crippen LogP contribution >= 0.6 is 0 Å². The molecule has 0 amide bonds. The number of methoxy groups -OCH3 is 1. The number of aliphatic hydroxyl groups is 3. The third kappa shape index (κ3) is 5.29. The number of esters is 1. The third-order valence-corrected chi connectivity index (χ3v) is 4.28. The summed E-state index contributed by atoms with van der Waals surface area (Å²) in [6, 6.07) is 2.78. The van der Waals surface area contributed by atoms with Crippen LogP contribution in [0.25, 0.3) is 6.08 Å². The van der Waals surface area contributed by atoms with Crippen LogP contribution in [-0.2, 0) is 9.53 Å². The lowest BCUT2D eigenvalue weighted by Gasteiger charge is -2.21. The minimum atomic E-state index is -1.64. The first-order valence-electron chi connectivity index (χ1n) is 8.58. The summed E-state index contributed by atoms with van der Waals surface area (Å²) in [5.41, 5.74) is 0.200. The van der Waals surface area contributed by atoms with E-state index in [2.05, 4.69) is 0 Å². The van der Waals surface area contributed by atoms with Gasteiger partial charge in [-0.05, 0) is 25.0 Å². The number of carbonyl (C=O) groups excluding carboxylic acids is 2. The summed E-state index contributed by atoms with van der Waals surface area (Å²) < 4.78 is 10.4. The van der Waals surface area contributed by atoms with Crippen LogP contribution in [0.4, 0.5) is 0 Å². The Hall–Kier alpha value is -2.42. The van der Waals surface area contributed by atoms with Crippen molar-refractivity contribution in [2.24, 2.45) is 0 Å². The van der Waals surface area contributed by atoms with Gasteiger partial charge in [0, 0.05) is 18.9 Å². The molecule has 0 saturated heterocycles. The van der Waals surface area contributed by atoms with Gasteiger partial charge in [-0.2, -0.15) is 0 Å². The Morgan fingerprint density at radius 2 is 1.89 bits per heavy atom. The zero-order valence-corrected chi connectivity index (χ0v) is 15.2. The van der Waals surface area contributed by atoms with Gasteiger partial charge in [-0.3, -0.25) is 4.79 Å². The maximum Gasteiger partial charge on any atom is 0.342 e. The minimum absolute atomic E-state index is 0.0393. The Labute approximate surface area is 156 Å². The van der Waals surface area contributed by atoms with E-state index in [0.29, 0.717) is 5.75 Å². The largest absolute Gasteiger partial charge is 0.507 e. The van der Waals surface area contributed by atoms with Crippen molar-refractivity contribution >= 4 is 17.8 Å². The van der Waals surface area contributed by atoms with Crippen LogP contribution in [0.2, 0.25) is 0 Å². The van der Waals surface area contributed by atoms with E-state index in [-0.39, 0.29) is 36.1 Å². The van der Waals surface area contributed by atoms with Crippen LogP contribution in [-0.4, -0.2) is 63.7 Å². The number of rotatable bonds is 1. The lowest BCUT2D eigenvalue weighted by atomic mass is 9.98. The Morgan fingerprint density at radius 3 is 2.56 bits per heavy atom. The second kappa shape index (κ2) is 8.98. The highest BCUT2D eigenvalue weighted by Gasteiger charge is 2.28. The molecule has 4 N–H and O–H groups in total. The van der Waals surface area contributed by atoms with Crippen LogP contribution in [0.5, 0.6) is 11.5 Å². The van der Waals surface area contributed by atoms with Gasteiger partial charge >= 0.3 is 5.97 Å². The zero-order valence-electron chi connectivity index (χ0n) is 15.2. The average molecular weight is 380 g/mol. The van der Waals surface area contributed by atoms with Crippen molar-refractivity contribution in [1.82, 2.24) is 0 Å². The number of Topliss-reactive ketones (excluding diaryl/α,β-unsaturated/α-hetero) is 1. The molecule has 0 fully saturated rings. The van der Waals surface area contributed by atoms with E-state index in [1.165, 1.54) is 31.4 Å². The Kier molecular flexibility index (Phi) is 6.95. The number of ketones is 1. The number of cyclic esters (lactones) is 1. The minimum Gasteiger partial charge on any atom is -0.507 e. The molecule has 1 aromatic rings. The number of hydrogen-bond donors (Lipinski definition) is 4. The topological polar surface area (TPSA) is 134 Å². The number of aromatic hydroxyl groups is 1. The molecule has 2 rings (SSSR count). The Balaban J connectivity index is 2.44. The SMILES string of the molecule is COc1cc(O)c2c(c1)C=CC[C@H](O)[C@H](O)C(=O)C[C@@H](O)C[C@H](C)OC2=O. The van der Waals surface area contributed by atoms with Gasteiger partial charge in [0.15, 0.2) is 5.78 Å². The molecule has 1 aliphatic heterocycles. The van der Waals surface area contributed by atoms with E-state index in [0.717, 1.165) is 0 Å². The van der Waals surface area contributed by atoms with Crippen LogP contribution in [0.3, 0.4) is 0 Å². The van der Waals surface area contributed by atoms with E-state index < -0.39 is 36.2 Å². The van der Waals surface area contributed by atoms with Crippen LogP contribution in [0.15, 0.2) is 18.2 Å². The van der Waals surface area contributed by atoms with E-state index in [4.69, 9.17) is 9.47 Å². The van der Waals surface area contributed by atoms with Gasteiger partial charge in [-0.1, -0.05) is 12.2 Å². The molecule has 0 saturated carbocycles. The molecule has 8 heteroatoms. The van der Waals surface area contributed by atoms with Crippen molar-refractivity contribution in [3.8, 4) is 11.5 Å². The summed E-state index contributed by atoms with van der Waals surface area (Å²) in [4.78, 5) is 24.4. The molecule has 0 aromatic heterocycles. The van der Waals surface area contributed by atoms with E-state index in [1.807, 2.05) is 0 Å². The van der Waals surface area contributed by atoms with E-state index in [9.17, 15) is 30.0 Å². The predicted octanol–water partition coefficient (Wildman–Crippen LogP) is 0.795. The molecule has 0 aliphatic carbocycles. The van der Waals surface area contributed by atoms with Crippen molar-refractivity contribution in [2.75, 3.05) is 7.11 Å². The number of hydrogen-bond acceptors (Lipinski definition) is 8. The fourth-order valence-corrected chi connectivity index (χ4v) is 2.88. The van der Waals surface area contributed by atoms with Gasteiger partial charge in [0.05, 0.1) is 19.3 Å². The third-order valence-electron chi connectivity index (χ3n) is 4.28. The number of aliphatic hydroxyl groups excluding tert-OH is 3. The molecule has 0 unspecified atom stereocenters. The van der Waals surface area contributed by atoms with Crippen LogP contribution < -0.4 is 4.74 Å². The van der Waals surface area contributed by atoms with Crippen molar-refractivity contribution in [2.45, 2.75) is 50.6 Å². The molecular weight excluding hydrogens is 356 g/mol. The van der Waals surface area contributed by atoms with Crippen molar-refractivity contribution in [3.63, 3.8) is 0 Å². The van der Waals surface area contributed by atoms with E-state index in [1.54, 1.807) is 6.92 Å². The quantitative estimate of drug-likeness (QED) is 0.526. The zero-order chi connectivity index (χ0) is 20.1. The molecule has 0 bridgehead atoms. The monoisotopic (exact) mass is 380 g/mol. The summed E-state index contributed by atoms with van der Waals surface area (Å²) in [7, 11) is 1.40. The normalized spacial score (nSPS) is 27.4. The van der Waals surface area contributed by atoms with Crippen molar-refractivity contribution < 1.29 is 39.5 Å². The molecule has 148 valence electrons. The molecule has 27 heavy (non-hydrogen) atoms. The standard InChI is InChI=1S/C19H24O8/c1-10-6-12(20)8-16(23)18(24)14(21)5-3-4-11-7-13(26-2)9-15(22)17(11)19(25)27-10/h3-4,7,9-10,12,14,18,20-22,24H,5-6,8H2,1-2H3/t10-,12-,14-,18-/m0/s1. The van der Waals surface area contributed by atoms with Gasteiger partial charge in [0.25, 0.3) is 0 Å². The highest BCUT2D eigenvalue weighted by Crippen LogP contribution is 2.30.